The third-order valence-electron chi connectivity index (χ3n) is 3.74. The number of aromatic amines is 1. The number of H-pyrrole nitrogens is 1. The summed E-state index contributed by atoms with van der Waals surface area (Å²) in [6.45, 7) is 1.33. The molecule has 21 heavy (non-hydrogen) atoms. The first-order valence-electron chi connectivity index (χ1n) is 6.66. The van der Waals surface area contributed by atoms with E-state index in [1.54, 1.807) is 11.1 Å². The van der Waals surface area contributed by atoms with Crippen LogP contribution in [0.15, 0.2) is 37.1 Å². The van der Waals surface area contributed by atoms with Gasteiger partial charge in [-0.25, -0.2) is 15.0 Å². The van der Waals surface area contributed by atoms with Crippen LogP contribution < -0.4 is 0 Å². The summed E-state index contributed by atoms with van der Waals surface area (Å²) in [4.78, 5) is 25.9. The van der Waals surface area contributed by atoms with E-state index in [-0.39, 0.29) is 11.8 Å². The van der Waals surface area contributed by atoms with Gasteiger partial charge in [-0.1, -0.05) is 0 Å². The quantitative estimate of drug-likeness (QED) is 0.756. The molecule has 0 spiro atoms. The predicted octanol–water partition coefficient (Wildman–Crippen LogP) is 0.987. The number of nitrogens with one attached hydrogen (secondary N) is 1. The summed E-state index contributed by atoms with van der Waals surface area (Å²) in [6, 6.07) is 3.89. The monoisotopic (exact) mass is 280 g/mol. The van der Waals surface area contributed by atoms with Gasteiger partial charge in [0.15, 0.2) is 5.65 Å². The van der Waals surface area contributed by atoms with Crippen molar-refractivity contribution in [2.75, 3.05) is 13.1 Å². The first-order valence-corrected chi connectivity index (χ1v) is 6.66. The van der Waals surface area contributed by atoms with Gasteiger partial charge in [0.25, 0.3) is 5.91 Å². The molecule has 7 heteroatoms. The van der Waals surface area contributed by atoms with E-state index < -0.39 is 0 Å². The van der Waals surface area contributed by atoms with E-state index in [0.29, 0.717) is 24.3 Å². The zero-order chi connectivity index (χ0) is 14.2. The summed E-state index contributed by atoms with van der Waals surface area (Å²) < 4.78 is 0. The molecule has 3 aromatic rings. The van der Waals surface area contributed by atoms with E-state index in [1.807, 2.05) is 12.1 Å². The average molecular weight is 280 g/mol. The van der Waals surface area contributed by atoms with Gasteiger partial charge in [0, 0.05) is 43.0 Å². The summed E-state index contributed by atoms with van der Waals surface area (Å²) in [5, 5.41) is 8.26. The van der Waals surface area contributed by atoms with Crippen molar-refractivity contribution in [1.82, 2.24) is 30.0 Å². The molecular formula is C14H12N6O. The fraction of sp³-hybridized carbons (Fsp3) is 0.214. The molecule has 1 amide bonds. The Bertz CT molecular complexity index is 793. The van der Waals surface area contributed by atoms with E-state index in [9.17, 15) is 4.79 Å². The summed E-state index contributed by atoms with van der Waals surface area (Å²) in [5.41, 5.74) is 2.28. The Morgan fingerprint density at radius 3 is 2.90 bits per heavy atom. The van der Waals surface area contributed by atoms with E-state index >= 15 is 0 Å². The Labute approximate surface area is 120 Å². The van der Waals surface area contributed by atoms with Gasteiger partial charge in [0.2, 0.25) is 0 Å². The van der Waals surface area contributed by atoms with Gasteiger partial charge in [-0.2, -0.15) is 5.10 Å². The second-order valence-electron chi connectivity index (χ2n) is 5.05. The average Bonchev–Trinajstić information content (AvgIpc) is 2.91. The van der Waals surface area contributed by atoms with Gasteiger partial charge in [0.05, 0.1) is 11.3 Å². The minimum absolute atomic E-state index is 0.0335. The first kappa shape index (κ1) is 12.0. The molecule has 0 unspecified atom stereocenters. The van der Waals surface area contributed by atoms with E-state index in [2.05, 4.69) is 25.1 Å². The second kappa shape index (κ2) is 4.62. The molecule has 0 aromatic carbocycles. The molecule has 1 saturated heterocycles. The van der Waals surface area contributed by atoms with Crippen LogP contribution in [0, 0.1) is 0 Å². The van der Waals surface area contributed by atoms with Crippen molar-refractivity contribution < 1.29 is 4.79 Å². The third-order valence-corrected chi connectivity index (χ3v) is 3.74. The number of fused-ring (bicyclic) bond motifs is 1. The smallest absolute Gasteiger partial charge is 0.257 e. The molecule has 4 rings (SSSR count). The molecule has 104 valence electrons. The van der Waals surface area contributed by atoms with Crippen molar-refractivity contribution >= 4 is 16.9 Å². The highest BCUT2D eigenvalue weighted by Gasteiger charge is 2.34. The van der Waals surface area contributed by atoms with Crippen LogP contribution in [-0.2, 0) is 0 Å². The molecule has 1 aliphatic rings. The maximum absolute atomic E-state index is 12.2. The largest absolute Gasteiger partial charge is 0.337 e. The zero-order valence-electron chi connectivity index (χ0n) is 11.1. The Kier molecular flexibility index (Phi) is 2.63. The number of hydrogen-bond acceptors (Lipinski definition) is 5. The van der Waals surface area contributed by atoms with Crippen LogP contribution in [0.3, 0.4) is 0 Å². The molecule has 0 saturated carbocycles. The van der Waals surface area contributed by atoms with Gasteiger partial charge in [0.1, 0.15) is 6.33 Å². The molecule has 7 nitrogen and oxygen atoms in total. The Morgan fingerprint density at radius 1 is 1.29 bits per heavy atom. The minimum atomic E-state index is -0.0335. The summed E-state index contributed by atoms with van der Waals surface area (Å²) in [7, 11) is 0. The lowest BCUT2D eigenvalue weighted by atomic mass is 9.94. The molecule has 1 fully saturated rings. The van der Waals surface area contributed by atoms with E-state index in [0.717, 1.165) is 11.1 Å². The van der Waals surface area contributed by atoms with Crippen molar-refractivity contribution in [3.05, 3.63) is 48.3 Å². The lowest BCUT2D eigenvalue weighted by Gasteiger charge is -2.38. The molecule has 3 aromatic heterocycles. The number of carbonyl (C=O) groups excluding carboxylic acids is 1. The van der Waals surface area contributed by atoms with Crippen molar-refractivity contribution in [3.63, 3.8) is 0 Å². The van der Waals surface area contributed by atoms with E-state index in [1.165, 1.54) is 18.7 Å². The number of likely N-dealkylation sites (tertiary alicyclic amines) is 1. The van der Waals surface area contributed by atoms with Crippen molar-refractivity contribution in [1.29, 1.82) is 0 Å². The Morgan fingerprint density at radius 2 is 2.10 bits per heavy atom. The third kappa shape index (κ3) is 1.94. The minimum Gasteiger partial charge on any atom is -0.337 e. The summed E-state index contributed by atoms with van der Waals surface area (Å²) >= 11 is 0. The topological polar surface area (TPSA) is 87.7 Å². The van der Waals surface area contributed by atoms with Crippen LogP contribution >= 0.6 is 0 Å². The second-order valence-corrected chi connectivity index (χ2v) is 5.05. The van der Waals surface area contributed by atoms with Gasteiger partial charge >= 0.3 is 0 Å². The van der Waals surface area contributed by atoms with Crippen LogP contribution in [0.25, 0.3) is 11.0 Å². The van der Waals surface area contributed by atoms with Crippen LogP contribution in [0.2, 0.25) is 0 Å². The number of aromatic nitrogens is 5. The molecule has 4 heterocycles. The molecule has 0 radical (unpaired) electrons. The van der Waals surface area contributed by atoms with Crippen LogP contribution in [-0.4, -0.2) is 49.0 Å². The highest BCUT2D eigenvalue weighted by Crippen LogP contribution is 2.30. The summed E-state index contributed by atoms with van der Waals surface area (Å²) in [6.07, 6.45) is 6.22. The van der Waals surface area contributed by atoms with Gasteiger partial charge in [-0.15, -0.1) is 0 Å². The number of amides is 1. The predicted molar refractivity (Wildman–Crippen MR) is 74.6 cm³/mol. The molecule has 0 bridgehead atoms. The number of nitrogens with zero attached hydrogens (tertiary/aromatic N) is 5. The van der Waals surface area contributed by atoms with Gasteiger partial charge in [-0.05, 0) is 12.1 Å². The summed E-state index contributed by atoms with van der Waals surface area (Å²) in [5.74, 6) is 0.238. The number of carbonyl (C=O) groups is 1. The van der Waals surface area contributed by atoms with Gasteiger partial charge in [-0.3, -0.25) is 9.89 Å². The van der Waals surface area contributed by atoms with Crippen molar-refractivity contribution in [2.45, 2.75) is 5.92 Å². The molecule has 1 N–H and O–H groups in total. The first-order chi connectivity index (χ1) is 10.3. The molecule has 0 atom stereocenters. The van der Waals surface area contributed by atoms with Gasteiger partial charge < -0.3 is 4.90 Å². The van der Waals surface area contributed by atoms with Crippen LogP contribution in [0.1, 0.15) is 22.0 Å². The maximum atomic E-state index is 12.2. The number of pyridine rings is 1. The van der Waals surface area contributed by atoms with E-state index in [4.69, 9.17) is 0 Å². The fourth-order valence-corrected chi connectivity index (χ4v) is 2.60. The molecular weight excluding hydrogens is 268 g/mol. The zero-order valence-corrected chi connectivity index (χ0v) is 11.1. The normalized spacial score (nSPS) is 15.1. The van der Waals surface area contributed by atoms with Crippen LogP contribution in [0.5, 0.6) is 0 Å². The van der Waals surface area contributed by atoms with Crippen LogP contribution in [0.4, 0.5) is 0 Å². The maximum Gasteiger partial charge on any atom is 0.257 e. The van der Waals surface area contributed by atoms with Crippen molar-refractivity contribution in [3.8, 4) is 0 Å². The Balaban J connectivity index is 1.51. The lowest BCUT2D eigenvalue weighted by Crippen LogP contribution is -2.48. The highest BCUT2D eigenvalue weighted by atomic mass is 16.2. The lowest BCUT2D eigenvalue weighted by molar-refractivity contribution is 0.0599. The highest BCUT2D eigenvalue weighted by molar-refractivity contribution is 5.94. The molecule has 0 aliphatic carbocycles. The standard InChI is InChI=1S/C14H12N6O/c21-14(9-4-15-8-16-5-9)20-6-10(7-20)12-11-2-1-3-17-13(11)19-18-12/h1-5,8,10H,6-7H2,(H,17,18,19). The molecule has 1 aliphatic heterocycles. The fourth-order valence-electron chi connectivity index (χ4n) is 2.60. The number of rotatable bonds is 2. The van der Waals surface area contributed by atoms with Crippen molar-refractivity contribution in [2.24, 2.45) is 0 Å². The Hall–Kier alpha value is -2.83. The number of hydrogen-bond donors (Lipinski definition) is 1. The SMILES string of the molecule is O=C(c1cncnc1)N1CC(c2[nH]nc3ncccc23)C1.